The minimum absolute atomic E-state index is 0.0878. The molecular weight excluding hydrogens is 280 g/mol. The van der Waals surface area contributed by atoms with Gasteiger partial charge in [-0.05, 0) is 19.1 Å². The molecule has 0 saturated carbocycles. The molecule has 0 heterocycles. The van der Waals surface area contributed by atoms with Gasteiger partial charge in [0.05, 0.1) is 24.7 Å². The summed E-state index contributed by atoms with van der Waals surface area (Å²) in [5.41, 5.74) is 0.177. The number of benzene rings is 1. The van der Waals surface area contributed by atoms with Crippen molar-refractivity contribution in [2.24, 2.45) is 0 Å². The van der Waals surface area contributed by atoms with Gasteiger partial charge in [0.15, 0.2) is 0 Å². The van der Waals surface area contributed by atoms with Crippen LogP contribution in [0, 0.1) is 10.1 Å². The number of nitrogens with zero attached hydrogens (tertiary/aromatic N) is 1. The maximum absolute atomic E-state index is 11.7. The molecule has 1 aromatic rings. The highest BCUT2D eigenvalue weighted by atomic mass is 16.6. The van der Waals surface area contributed by atoms with E-state index in [2.05, 4.69) is 10.1 Å². The molecule has 21 heavy (non-hydrogen) atoms. The average molecular weight is 294 g/mol. The molecule has 0 amide bonds. The largest absolute Gasteiger partial charge is 0.466 e. The molecule has 0 radical (unpaired) electrons. The van der Waals surface area contributed by atoms with Crippen molar-refractivity contribution in [3.8, 4) is 0 Å². The Morgan fingerprint density at radius 1 is 1.33 bits per heavy atom. The zero-order valence-corrected chi connectivity index (χ0v) is 11.5. The van der Waals surface area contributed by atoms with Gasteiger partial charge < -0.3 is 14.8 Å². The molecule has 8 nitrogen and oxygen atoms in total. The second-order valence-electron chi connectivity index (χ2n) is 3.73. The summed E-state index contributed by atoms with van der Waals surface area (Å²) < 4.78 is 9.24. The fraction of sp³-hybridized carbons (Fsp3) is 0.231. The lowest BCUT2D eigenvalue weighted by Crippen LogP contribution is -2.16. The van der Waals surface area contributed by atoms with Crippen LogP contribution in [0.15, 0.2) is 36.0 Å². The fourth-order valence-electron chi connectivity index (χ4n) is 1.35. The number of carbonyl (C=O) groups excluding carboxylic acids is 2. The van der Waals surface area contributed by atoms with Crippen molar-refractivity contribution in [2.75, 3.05) is 19.0 Å². The summed E-state index contributed by atoms with van der Waals surface area (Å²) >= 11 is 0. The van der Waals surface area contributed by atoms with Gasteiger partial charge in [-0.25, -0.2) is 9.59 Å². The predicted molar refractivity (Wildman–Crippen MR) is 73.5 cm³/mol. The minimum Gasteiger partial charge on any atom is -0.466 e. The standard InChI is InChI=1S/C13H14N2O6/c1-3-21-13(17)11(8-12(16)20-2)14-9-4-6-10(7-5-9)15(18)19/h4-8,14H,3H2,1-2H3/b11-8+. The fourth-order valence-corrected chi connectivity index (χ4v) is 1.35. The first-order chi connectivity index (χ1) is 9.97. The normalized spacial score (nSPS) is 10.7. The summed E-state index contributed by atoms with van der Waals surface area (Å²) in [6.07, 6.45) is 0.944. The lowest BCUT2D eigenvalue weighted by molar-refractivity contribution is -0.384. The molecule has 0 aromatic heterocycles. The van der Waals surface area contributed by atoms with E-state index in [1.54, 1.807) is 6.92 Å². The van der Waals surface area contributed by atoms with Crippen LogP contribution in [-0.4, -0.2) is 30.6 Å². The number of non-ortho nitro benzene ring substituents is 1. The number of rotatable bonds is 6. The molecule has 8 heteroatoms. The number of nitrogens with one attached hydrogen (secondary N) is 1. The number of anilines is 1. The number of carbonyl (C=O) groups is 2. The molecule has 1 rings (SSSR count). The maximum Gasteiger partial charge on any atom is 0.355 e. The van der Waals surface area contributed by atoms with Crippen molar-refractivity contribution in [2.45, 2.75) is 6.92 Å². The van der Waals surface area contributed by atoms with Gasteiger partial charge in [-0.3, -0.25) is 10.1 Å². The van der Waals surface area contributed by atoms with Crippen molar-refractivity contribution in [1.82, 2.24) is 0 Å². The molecule has 1 aromatic carbocycles. The number of methoxy groups -OCH3 is 1. The molecule has 0 aliphatic heterocycles. The lowest BCUT2D eigenvalue weighted by atomic mass is 10.2. The first-order valence-corrected chi connectivity index (χ1v) is 5.96. The van der Waals surface area contributed by atoms with Crippen molar-refractivity contribution in [1.29, 1.82) is 0 Å². The van der Waals surface area contributed by atoms with Crippen LogP contribution in [0.3, 0.4) is 0 Å². The van der Waals surface area contributed by atoms with Crippen LogP contribution >= 0.6 is 0 Å². The molecule has 0 bridgehead atoms. The van der Waals surface area contributed by atoms with Crippen LogP contribution in [0.2, 0.25) is 0 Å². The minimum atomic E-state index is -0.735. The van der Waals surface area contributed by atoms with Gasteiger partial charge in [-0.1, -0.05) is 0 Å². The lowest BCUT2D eigenvalue weighted by Gasteiger charge is -2.09. The molecule has 0 aliphatic rings. The third-order valence-electron chi connectivity index (χ3n) is 2.32. The SMILES string of the molecule is CCOC(=O)/C(=C\C(=O)OC)Nc1ccc([N+](=O)[O-])cc1. The monoisotopic (exact) mass is 294 g/mol. The van der Waals surface area contributed by atoms with Crippen LogP contribution in [0.4, 0.5) is 11.4 Å². The highest BCUT2D eigenvalue weighted by molar-refractivity contribution is 5.98. The van der Waals surface area contributed by atoms with E-state index in [1.165, 1.54) is 31.4 Å². The summed E-state index contributed by atoms with van der Waals surface area (Å²) in [7, 11) is 1.17. The second kappa shape index (κ2) is 7.63. The molecule has 0 spiro atoms. The predicted octanol–water partition coefficient (Wildman–Crippen LogP) is 1.63. The number of nitro benzene ring substituents is 1. The molecule has 0 atom stereocenters. The van der Waals surface area contributed by atoms with Crippen LogP contribution in [-0.2, 0) is 19.1 Å². The number of hydrogen-bond donors (Lipinski definition) is 1. The van der Waals surface area contributed by atoms with E-state index in [9.17, 15) is 19.7 Å². The third-order valence-corrected chi connectivity index (χ3v) is 2.32. The highest BCUT2D eigenvalue weighted by Gasteiger charge is 2.14. The first-order valence-electron chi connectivity index (χ1n) is 5.96. The molecular formula is C13H14N2O6. The zero-order chi connectivity index (χ0) is 15.8. The molecule has 0 unspecified atom stereocenters. The molecule has 0 fully saturated rings. The van der Waals surface area contributed by atoms with Crippen molar-refractivity contribution < 1.29 is 24.0 Å². The summed E-state index contributed by atoms with van der Waals surface area (Å²) in [6, 6.07) is 5.34. The summed E-state index contributed by atoms with van der Waals surface area (Å²) in [6.45, 7) is 1.76. The van der Waals surface area contributed by atoms with E-state index >= 15 is 0 Å². The Balaban J connectivity index is 2.95. The van der Waals surface area contributed by atoms with E-state index in [0.717, 1.165) is 6.08 Å². The van der Waals surface area contributed by atoms with Crippen LogP contribution in [0.25, 0.3) is 0 Å². The first kappa shape index (κ1) is 16.2. The van der Waals surface area contributed by atoms with Crippen molar-refractivity contribution >= 4 is 23.3 Å². The Morgan fingerprint density at radius 2 is 1.95 bits per heavy atom. The Hall–Kier alpha value is -2.90. The highest BCUT2D eigenvalue weighted by Crippen LogP contribution is 2.17. The average Bonchev–Trinajstić information content (AvgIpc) is 2.47. The van der Waals surface area contributed by atoms with E-state index in [-0.39, 0.29) is 18.0 Å². The van der Waals surface area contributed by atoms with E-state index in [4.69, 9.17) is 4.74 Å². The third kappa shape index (κ3) is 4.94. The summed E-state index contributed by atoms with van der Waals surface area (Å²) in [5, 5.41) is 13.2. The number of ether oxygens (including phenoxy) is 2. The number of hydrogen-bond acceptors (Lipinski definition) is 7. The van der Waals surface area contributed by atoms with Crippen molar-refractivity contribution in [3.63, 3.8) is 0 Å². The van der Waals surface area contributed by atoms with Gasteiger partial charge in [0.2, 0.25) is 0 Å². The van der Waals surface area contributed by atoms with E-state index in [1.807, 2.05) is 0 Å². The number of esters is 2. The Labute approximate surface area is 120 Å². The van der Waals surface area contributed by atoms with E-state index < -0.39 is 16.9 Å². The maximum atomic E-state index is 11.7. The topological polar surface area (TPSA) is 108 Å². The van der Waals surface area contributed by atoms with Crippen molar-refractivity contribution in [3.05, 3.63) is 46.2 Å². The Morgan fingerprint density at radius 3 is 2.43 bits per heavy atom. The van der Waals surface area contributed by atoms with Gasteiger partial charge in [0.1, 0.15) is 5.70 Å². The number of nitro groups is 1. The van der Waals surface area contributed by atoms with Crippen LogP contribution in [0.5, 0.6) is 0 Å². The van der Waals surface area contributed by atoms with Gasteiger partial charge in [0, 0.05) is 17.8 Å². The molecule has 112 valence electrons. The zero-order valence-electron chi connectivity index (χ0n) is 11.5. The second-order valence-corrected chi connectivity index (χ2v) is 3.73. The smallest absolute Gasteiger partial charge is 0.355 e. The van der Waals surface area contributed by atoms with E-state index in [0.29, 0.717) is 5.69 Å². The summed E-state index contributed by atoms with van der Waals surface area (Å²) in [5.74, 6) is -1.46. The Kier molecular flexibility index (Phi) is 5.87. The quantitative estimate of drug-likeness (QED) is 0.367. The Bertz CT molecular complexity index is 565. The van der Waals surface area contributed by atoms with Gasteiger partial charge in [0.25, 0.3) is 5.69 Å². The van der Waals surface area contributed by atoms with Gasteiger partial charge in [-0.15, -0.1) is 0 Å². The van der Waals surface area contributed by atoms with Gasteiger partial charge in [-0.2, -0.15) is 0 Å². The molecule has 1 N–H and O–H groups in total. The van der Waals surface area contributed by atoms with Crippen LogP contribution < -0.4 is 5.32 Å². The molecule has 0 aliphatic carbocycles. The van der Waals surface area contributed by atoms with Gasteiger partial charge >= 0.3 is 11.9 Å². The molecule has 0 saturated heterocycles. The summed E-state index contributed by atoms with van der Waals surface area (Å²) in [4.78, 5) is 32.9. The van der Waals surface area contributed by atoms with Crippen LogP contribution in [0.1, 0.15) is 6.92 Å².